The maximum Gasteiger partial charge on any atom is 0.417 e. The van der Waals surface area contributed by atoms with Crippen LogP contribution in [0.3, 0.4) is 0 Å². The van der Waals surface area contributed by atoms with Crippen LogP contribution in [0.5, 0.6) is 5.75 Å². The highest BCUT2D eigenvalue weighted by Crippen LogP contribution is 2.43. The van der Waals surface area contributed by atoms with Gasteiger partial charge in [0.05, 0.1) is 12.7 Å². The lowest BCUT2D eigenvalue weighted by atomic mass is 9.98. The molecule has 0 aliphatic rings. The monoisotopic (exact) mass is 320 g/mol. The molecule has 0 atom stereocenters. The van der Waals surface area contributed by atoms with Crippen LogP contribution in [0.1, 0.15) is 5.56 Å². The van der Waals surface area contributed by atoms with E-state index in [0.717, 1.165) is 6.07 Å². The van der Waals surface area contributed by atoms with Gasteiger partial charge in [0.15, 0.2) is 0 Å². The summed E-state index contributed by atoms with van der Waals surface area (Å²) in [7, 11) is 1.38. The van der Waals surface area contributed by atoms with Gasteiger partial charge >= 0.3 is 6.18 Å². The molecular weight excluding hydrogens is 312 g/mol. The Balaban J connectivity index is 2.77. The van der Waals surface area contributed by atoms with E-state index in [2.05, 4.69) is 0 Å². The average molecular weight is 321 g/mol. The Bertz CT molecular complexity index is 619. The van der Waals surface area contributed by atoms with Crippen molar-refractivity contribution in [1.29, 1.82) is 0 Å². The van der Waals surface area contributed by atoms with Gasteiger partial charge in [-0.15, -0.1) is 0 Å². The molecule has 2 rings (SSSR count). The van der Waals surface area contributed by atoms with Crippen molar-refractivity contribution in [2.24, 2.45) is 0 Å². The quantitative estimate of drug-likeness (QED) is 0.690. The van der Waals surface area contributed by atoms with Gasteiger partial charge in [0.1, 0.15) is 5.75 Å². The lowest BCUT2D eigenvalue weighted by molar-refractivity contribution is -0.137. The van der Waals surface area contributed by atoms with Gasteiger partial charge in [-0.2, -0.15) is 13.2 Å². The Hall–Kier alpha value is -1.39. The summed E-state index contributed by atoms with van der Waals surface area (Å²) < 4.78 is 44.3. The van der Waals surface area contributed by atoms with Crippen LogP contribution in [-0.4, -0.2) is 7.11 Å². The van der Waals surface area contributed by atoms with Gasteiger partial charge in [0.2, 0.25) is 0 Å². The van der Waals surface area contributed by atoms with Gasteiger partial charge in [-0.05, 0) is 30.3 Å². The first-order valence-corrected chi connectivity index (χ1v) is 6.30. The molecule has 0 aromatic heterocycles. The largest absolute Gasteiger partial charge is 0.497 e. The molecule has 0 aliphatic carbocycles. The number of alkyl halides is 3. The second kappa shape index (κ2) is 5.54. The molecular formula is C14H9Cl2F3O. The summed E-state index contributed by atoms with van der Waals surface area (Å²) in [4.78, 5) is 0. The molecule has 0 saturated carbocycles. The van der Waals surface area contributed by atoms with E-state index in [1.807, 2.05) is 0 Å². The summed E-state index contributed by atoms with van der Waals surface area (Å²) in [5, 5.41) is 0.299. The highest BCUT2D eigenvalue weighted by atomic mass is 35.5. The number of methoxy groups -OCH3 is 1. The zero-order valence-electron chi connectivity index (χ0n) is 10.3. The van der Waals surface area contributed by atoms with Crippen molar-refractivity contribution in [2.75, 3.05) is 7.11 Å². The predicted molar refractivity (Wildman–Crippen MR) is 73.5 cm³/mol. The fourth-order valence-corrected chi connectivity index (χ4v) is 2.46. The smallest absolute Gasteiger partial charge is 0.417 e. The van der Waals surface area contributed by atoms with Crippen LogP contribution in [0.15, 0.2) is 36.4 Å². The maximum absolute atomic E-state index is 13.1. The number of hydrogen-bond acceptors (Lipinski definition) is 1. The van der Waals surface area contributed by atoms with Gasteiger partial charge in [-0.3, -0.25) is 0 Å². The van der Waals surface area contributed by atoms with Crippen LogP contribution in [0.4, 0.5) is 13.2 Å². The Morgan fingerprint density at radius 1 is 1.00 bits per heavy atom. The van der Waals surface area contributed by atoms with Crippen LogP contribution < -0.4 is 4.74 Å². The molecule has 0 unspecified atom stereocenters. The predicted octanol–water partition coefficient (Wildman–Crippen LogP) is 5.69. The fourth-order valence-electron chi connectivity index (χ4n) is 1.86. The minimum atomic E-state index is -4.51. The number of halogens is 5. The standard InChI is InChI=1S/C14H9Cl2F3O/c1-20-8-5-6-10(14(17,18)19)9(7-8)13-11(15)3-2-4-12(13)16/h2-7H,1H3. The number of benzene rings is 2. The van der Waals surface area contributed by atoms with Crippen LogP contribution in [0.25, 0.3) is 11.1 Å². The Labute approximate surface area is 123 Å². The minimum absolute atomic E-state index is 0.104. The van der Waals surface area contributed by atoms with Crippen LogP contribution >= 0.6 is 23.2 Å². The summed E-state index contributed by atoms with van der Waals surface area (Å²) >= 11 is 12.0. The molecule has 2 aromatic rings. The first-order chi connectivity index (χ1) is 9.34. The summed E-state index contributed by atoms with van der Waals surface area (Å²) in [6.07, 6.45) is -4.51. The molecule has 0 saturated heterocycles. The third kappa shape index (κ3) is 2.86. The molecule has 0 fully saturated rings. The molecule has 6 heteroatoms. The highest BCUT2D eigenvalue weighted by molar-refractivity contribution is 6.39. The molecule has 2 aromatic carbocycles. The van der Waals surface area contributed by atoms with E-state index < -0.39 is 11.7 Å². The van der Waals surface area contributed by atoms with Crippen molar-refractivity contribution in [3.63, 3.8) is 0 Å². The van der Waals surface area contributed by atoms with Gasteiger partial charge in [0, 0.05) is 21.2 Å². The maximum atomic E-state index is 13.1. The molecule has 0 N–H and O–H groups in total. The van der Waals surface area contributed by atoms with E-state index in [1.54, 1.807) is 6.07 Å². The second-order valence-corrected chi connectivity index (χ2v) is 4.82. The van der Waals surface area contributed by atoms with Crippen LogP contribution in [-0.2, 0) is 6.18 Å². The van der Waals surface area contributed by atoms with Gasteiger partial charge in [-0.1, -0.05) is 29.3 Å². The van der Waals surface area contributed by atoms with Crippen molar-refractivity contribution >= 4 is 23.2 Å². The van der Waals surface area contributed by atoms with Crippen molar-refractivity contribution in [2.45, 2.75) is 6.18 Å². The molecule has 0 bridgehead atoms. The fraction of sp³-hybridized carbons (Fsp3) is 0.143. The van der Waals surface area contributed by atoms with E-state index in [4.69, 9.17) is 27.9 Å². The van der Waals surface area contributed by atoms with Gasteiger partial charge < -0.3 is 4.74 Å². The third-order valence-corrected chi connectivity index (χ3v) is 3.39. The summed E-state index contributed by atoms with van der Waals surface area (Å²) in [5.41, 5.74) is -0.775. The summed E-state index contributed by atoms with van der Waals surface area (Å²) in [6.45, 7) is 0. The Morgan fingerprint density at radius 3 is 2.10 bits per heavy atom. The zero-order valence-corrected chi connectivity index (χ0v) is 11.8. The first-order valence-electron chi connectivity index (χ1n) is 5.54. The van der Waals surface area contributed by atoms with Gasteiger partial charge in [-0.25, -0.2) is 0 Å². The second-order valence-electron chi connectivity index (χ2n) is 4.01. The molecule has 0 radical (unpaired) electrons. The normalized spacial score (nSPS) is 11.5. The van der Waals surface area contributed by atoms with Crippen molar-refractivity contribution < 1.29 is 17.9 Å². The molecule has 20 heavy (non-hydrogen) atoms. The molecule has 0 amide bonds. The third-order valence-electron chi connectivity index (χ3n) is 2.76. The average Bonchev–Trinajstić information content (AvgIpc) is 2.37. The molecule has 0 heterocycles. The molecule has 0 aliphatic heterocycles. The zero-order chi connectivity index (χ0) is 14.9. The minimum Gasteiger partial charge on any atom is -0.497 e. The topological polar surface area (TPSA) is 9.23 Å². The highest BCUT2D eigenvalue weighted by Gasteiger charge is 2.34. The van der Waals surface area contributed by atoms with E-state index in [9.17, 15) is 13.2 Å². The van der Waals surface area contributed by atoms with Crippen LogP contribution in [0.2, 0.25) is 10.0 Å². The van der Waals surface area contributed by atoms with E-state index in [1.165, 1.54) is 31.4 Å². The van der Waals surface area contributed by atoms with E-state index in [0.29, 0.717) is 5.75 Å². The van der Waals surface area contributed by atoms with Crippen molar-refractivity contribution in [3.8, 4) is 16.9 Å². The first kappa shape index (κ1) is 15.0. The number of ether oxygens (including phenoxy) is 1. The molecule has 1 nitrogen and oxygen atoms in total. The number of rotatable bonds is 2. The Morgan fingerprint density at radius 2 is 1.60 bits per heavy atom. The molecule has 0 spiro atoms. The lowest BCUT2D eigenvalue weighted by Gasteiger charge is -2.16. The van der Waals surface area contributed by atoms with E-state index in [-0.39, 0.29) is 21.2 Å². The molecule has 106 valence electrons. The summed E-state index contributed by atoms with van der Waals surface area (Å²) in [5.74, 6) is 0.295. The van der Waals surface area contributed by atoms with Gasteiger partial charge in [0.25, 0.3) is 0 Å². The van der Waals surface area contributed by atoms with Crippen LogP contribution in [0, 0.1) is 0 Å². The summed E-state index contributed by atoms with van der Waals surface area (Å²) in [6, 6.07) is 8.02. The number of hydrogen-bond donors (Lipinski definition) is 0. The van der Waals surface area contributed by atoms with Crippen molar-refractivity contribution in [3.05, 3.63) is 52.0 Å². The SMILES string of the molecule is COc1ccc(C(F)(F)F)c(-c2c(Cl)cccc2Cl)c1. The van der Waals surface area contributed by atoms with Crippen molar-refractivity contribution in [1.82, 2.24) is 0 Å². The Kier molecular flexibility index (Phi) is 4.16. The van der Waals surface area contributed by atoms with E-state index >= 15 is 0 Å². The lowest BCUT2D eigenvalue weighted by Crippen LogP contribution is -2.07.